The van der Waals surface area contributed by atoms with Crippen molar-refractivity contribution in [3.8, 4) is 0 Å². The van der Waals surface area contributed by atoms with Crippen LogP contribution in [0.2, 0.25) is 0 Å². The number of aliphatic hydroxyl groups is 1. The first kappa shape index (κ1) is 14.5. The molecule has 1 N–H and O–H groups in total. The molecular weight excluding hydrogens is 283 g/mol. The molecule has 5 nitrogen and oxygen atoms in total. The number of halogens is 2. The van der Waals surface area contributed by atoms with E-state index in [1.54, 1.807) is 6.92 Å². The van der Waals surface area contributed by atoms with Crippen LogP contribution < -0.4 is 0 Å². The molecule has 0 saturated heterocycles. The minimum atomic E-state index is -1.63. The molecule has 0 spiro atoms. The van der Waals surface area contributed by atoms with Gasteiger partial charge in [0.15, 0.2) is 10.7 Å². The van der Waals surface area contributed by atoms with E-state index in [0.29, 0.717) is 6.61 Å². The molecule has 0 aliphatic heterocycles. The number of rotatable bonds is 4. The summed E-state index contributed by atoms with van der Waals surface area (Å²) in [6.45, 7) is 2.16. The largest absolute Gasteiger partial charge is 0.383 e. The lowest BCUT2D eigenvalue weighted by Gasteiger charge is -2.38. The highest BCUT2D eigenvalue weighted by Gasteiger charge is 2.86. The Kier molecular flexibility index (Phi) is 3.46. The number of hydrogen-bond donors (Lipinski definition) is 1. The molecule has 0 radical (unpaired) electrons. The van der Waals surface area contributed by atoms with Gasteiger partial charge in [0.25, 0.3) is 0 Å². The fraction of sp³-hybridized carbons (Fsp3) is 0.909. The number of methoxy groups -OCH3 is 2. The summed E-state index contributed by atoms with van der Waals surface area (Å²) in [4.78, 5) is 9.14. The summed E-state index contributed by atoms with van der Waals surface area (Å²) in [6, 6.07) is 0. The minimum Gasteiger partial charge on any atom is -0.383 e. The molecule has 2 saturated carbocycles. The smallest absolute Gasteiger partial charge is 0.219 e. The lowest BCUT2D eigenvalue weighted by atomic mass is 9.93. The Morgan fingerprint density at radius 3 is 2.33 bits per heavy atom. The van der Waals surface area contributed by atoms with Gasteiger partial charge in [-0.05, 0) is 6.92 Å². The zero-order chi connectivity index (χ0) is 13.8. The lowest BCUT2D eigenvalue weighted by Crippen LogP contribution is -2.58. The highest BCUT2D eigenvalue weighted by Crippen LogP contribution is 2.64. The normalized spacial score (nSPS) is 45.8. The molecule has 0 unspecified atom stereocenters. The van der Waals surface area contributed by atoms with Crippen molar-refractivity contribution >= 4 is 29.0 Å². The summed E-state index contributed by atoms with van der Waals surface area (Å²) in [5.74, 6) is -2.22. The number of aliphatic hydroxyl groups excluding tert-OH is 1. The van der Waals surface area contributed by atoms with E-state index in [1.807, 2.05) is 0 Å². The van der Waals surface area contributed by atoms with Gasteiger partial charge in [-0.2, -0.15) is 0 Å². The summed E-state index contributed by atoms with van der Waals surface area (Å²) in [5.41, 5.74) is 0. The van der Waals surface area contributed by atoms with Crippen molar-refractivity contribution in [3.63, 3.8) is 0 Å². The summed E-state index contributed by atoms with van der Waals surface area (Å²) in [6.07, 6.45) is -1.91. The number of hydrogen-bond acceptors (Lipinski definition) is 5. The Balaban J connectivity index is 2.58. The van der Waals surface area contributed by atoms with Crippen LogP contribution in [0.1, 0.15) is 13.3 Å². The molecule has 2 fully saturated rings. The summed E-state index contributed by atoms with van der Waals surface area (Å²) in [5, 5.41) is 10.0. The first-order chi connectivity index (χ1) is 8.35. The van der Waals surface area contributed by atoms with Crippen molar-refractivity contribution < 1.29 is 24.1 Å². The molecule has 2 bridgehead atoms. The van der Waals surface area contributed by atoms with Gasteiger partial charge in [0.1, 0.15) is 11.0 Å². The summed E-state index contributed by atoms with van der Waals surface area (Å²) >= 11 is 12.8. The number of ether oxygens (including phenoxy) is 3. The number of carbonyl (C=O) groups is 1. The zero-order valence-electron chi connectivity index (χ0n) is 10.4. The third kappa shape index (κ3) is 1.25. The number of ketones is 1. The number of fused-ring (bicyclic) bond motifs is 2. The van der Waals surface area contributed by atoms with Crippen LogP contribution in [0.15, 0.2) is 0 Å². The second-order valence-corrected chi connectivity index (χ2v) is 5.78. The Hall–Kier alpha value is 0.0900. The predicted molar refractivity (Wildman–Crippen MR) is 65.0 cm³/mol. The Morgan fingerprint density at radius 1 is 1.39 bits per heavy atom. The topological polar surface area (TPSA) is 65.0 Å². The average Bonchev–Trinajstić information content (AvgIpc) is 2.61. The van der Waals surface area contributed by atoms with Gasteiger partial charge in [0.2, 0.25) is 5.79 Å². The van der Waals surface area contributed by atoms with Crippen LogP contribution in [0.25, 0.3) is 0 Å². The number of Topliss-reactive ketones (excluding diaryl/α,β-unsaturated/α-hetero) is 1. The molecule has 0 amide bonds. The number of carbonyl (C=O) groups excluding carboxylic acids is 1. The summed E-state index contributed by atoms with van der Waals surface area (Å²) in [7, 11) is 2.69. The van der Waals surface area contributed by atoms with E-state index in [-0.39, 0.29) is 6.42 Å². The Labute approximate surface area is 115 Å². The van der Waals surface area contributed by atoms with Crippen molar-refractivity contribution in [2.45, 2.75) is 41.1 Å². The molecule has 104 valence electrons. The van der Waals surface area contributed by atoms with Crippen molar-refractivity contribution in [1.82, 2.24) is 0 Å². The van der Waals surface area contributed by atoms with Gasteiger partial charge < -0.3 is 19.3 Å². The monoisotopic (exact) mass is 298 g/mol. The quantitative estimate of drug-likeness (QED) is 0.611. The Bertz CT molecular complexity index is 372. The first-order valence-corrected chi connectivity index (χ1v) is 6.43. The van der Waals surface area contributed by atoms with Crippen LogP contribution in [0.4, 0.5) is 0 Å². The van der Waals surface area contributed by atoms with Gasteiger partial charge >= 0.3 is 0 Å². The van der Waals surface area contributed by atoms with Gasteiger partial charge in [-0.1, -0.05) is 0 Å². The van der Waals surface area contributed by atoms with E-state index < -0.39 is 33.5 Å². The molecule has 2 rings (SSSR count). The van der Waals surface area contributed by atoms with Crippen molar-refractivity contribution in [3.05, 3.63) is 0 Å². The molecular formula is C11H16Cl2O5. The highest BCUT2D eigenvalue weighted by molar-refractivity contribution is 6.43. The van der Waals surface area contributed by atoms with E-state index >= 15 is 0 Å². The highest BCUT2D eigenvalue weighted by atomic mass is 35.5. The molecule has 0 heterocycles. The molecule has 7 heteroatoms. The van der Waals surface area contributed by atoms with Gasteiger partial charge in [-0.3, -0.25) is 4.79 Å². The van der Waals surface area contributed by atoms with E-state index in [4.69, 9.17) is 37.4 Å². The fourth-order valence-electron chi connectivity index (χ4n) is 3.17. The van der Waals surface area contributed by atoms with E-state index in [9.17, 15) is 9.90 Å². The van der Waals surface area contributed by atoms with Crippen LogP contribution in [0, 0.1) is 0 Å². The molecule has 0 aromatic carbocycles. The molecule has 2 aliphatic carbocycles. The average molecular weight is 299 g/mol. The van der Waals surface area contributed by atoms with Crippen molar-refractivity contribution in [2.75, 3.05) is 20.8 Å². The minimum absolute atomic E-state index is 0.181. The standard InChI is InChI=1S/C11H16Cl2O5/c1-4-18-6-5-9(12)7(14)8(15)10(6,13)11(9,16-2)17-3/h6-7,14H,4-5H2,1-3H3/t6-,7-,9+,10-/m0/s1. The van der Waals surface area contributed by atoms with Crippen LogP contribution in [-0.4, -0.2) is 59.5 Å². The second kappa shape index (κ2) is 4.30. The summed E-state index contributed by atoms with van der Waals surface area (Å²) < 4.78 is 16.1. The van der Waals surface area contributed by atoms with E-state index in [1.165, 1.54) is 14.2 Å². The third-order valence-corrected chi connectivity index (χ3v) is 5.22. The maximum absolute atomic E-state index is 12.2. The molecule has 2 aliphatic rings. The predicted octanol–water partition coefficient (Wildman–Crippen LogP) is 0.683. The number of alkyl halides is 2. The third-order valence-electron chi connectivity index (χ3n) is 3.94. The van der Waals surface area contributed by atoms with Gasteiger partial charge in [0, 0.05) is 27.2 Å². The van der Waals surface area contributed by atoms with Gasteiger partial charge in [0.05, 0.1) is 6.10 Å². The maximum atomic E-state index is 12.2. The molecule has 4 atom stereocenters. The van der Waals surface area contributed by atoms with Gasteiger partial charge in [-0.15, -0.1) is 23.2 Å². The second-order valence-electron chi connectivity index (χ2n) is 4.51. The first-order valence-electron chi connectivity index (χ1n) is 5.67. The van der Waals surface area contributed by atoms with Crippen LogP contribution >= 0.6 is 23.2 Å². The van der Waals surface area contributed by atoms with Gasteiger partial charge in [-0.25, -0.2) is 0 Å². The molecule has 0 aromatic rings. The van der Waals surface area contributed by atoms with Crippen LogP contribution in [0.5, 0.6) is 0 Å². The van der Waals surface area contributed by atoms with Crippen molar-refractivity contribution in [2.24, 2.45) is 0 Å². The van der Waals surface area contributed by atoms with E-state index in [2.05, 4.69) is 0 Å². The van der Waals surface area contributed by atoms with Crippen molar-refractivity contribution in [1.29, 1.82) is 0 Å². The zero-order valence-corrected chi connectivity index (χ0v) is 11.9. The lowest BCUT2D eigenvalue weighted by molar-refractivity contribution is -0.228. The van der Waals surface area contributed by atoms with E-state index in [0.717, 1.165) is 0 Å². The SMILES string of the molecule is CCO[C@H]1C[C@@]2(Cl)[C@@H](O)C(=O)[C@]1(Cl)C2(OC)OC. The van der Waals surface area contributed by atoms with Crippen LogP contribution in [0.3, 0.4) is 0 Å². The maximum Gasteiger partial charge on any atom is 0.219 e. The molecule has 0 aromatic heterocycles. The fourth-order valence-corrected chi connectivity index (χ4v) is 4.33. The Morgan fingerprint density at radius 2 is 1.94 bits per heavy atom. The van der Waals surface area contributed by atoms with Crippen LogP contribution in [-0.2, 0) is 19.0 Å². The molecule has 18 heavy (non-hydrogen) atoms.